The standard InChI is InChI=1S/C16H25N3O2S/c1-21-10-9-19-15(20)4-7-16(19)5-2-13(3-6-16)18-12-14-17-8-11-22-14/h8,11,13,18H,2-7,9-10,12H2,1H3. The summed E-state index contributed by atoms with van der Waals surface area (Å²) < 4.78 is 5.18. The fourth-order valence-corrected chi connectivity index (χ4v) is 4.44. The Labute approximate surface area is 136 Å². The second kappa shape index (κ2) is 7.06. The van der Waals surface area contributed by atoms with Gasteiger partial charge in [-0.3, -0.25) is 4.79 Å². The van der Waals surface area contributed by atoms with Crippen LogP contribution in [0.1, 0.15) is 43.5 Å². The van der Waals surface area contributed by atoms with Gasteiger partial charge in [0, 0.05) is 49.8 Å². The molecule has 1 aromatic rings. The van der Waals surface area contributed by atoms with Gasteiger partial charge >= 0.3 is 0 Å². The molecule has 1 spiro atoms. The van der Waals surface area contributed by atoms with Crippen LogP contribution in [-0.2, 0) is 16.1 Å². The van der Waals surface area contributed by atoms with Crippen molar-refractivity contribution in [3.63, 3.8) is 0 Å². The van der Waals surface area contributed by atoms with E-state index in [-0.39, 0.29) is 5.54 Å². The first kappa shape index (κ1) is 15.9. The number of nitrogens with zero attached hydrogens (tertiary/aromatic N) is 2. The monoisotopic (exact) mass is 323 g/mol. The smallest absolute Gasteiger partial charge is 0.223 e. The zero-order valence-corrected chi connectivity index (χ0v) is 14.0. The van der Waals surface area contributed by atoms with Gasteiger partial charge in [-0.25, -0.2) is 4.98 Å². The predicted octanol–water partition coefficient (Wildman–Crippen LogP) is 2.18. The molecule has 1 N–H and O–H groups in total. The molecule has 122 valence electrons. The van der Waals surface area contributed by atoms with Crippen LogP contribution in [0.5, 0.6) is 0 Å². The van der Waals surface area contributed by atoms with Gasteiger partial charge in [-0.05, 0) is 32.1 Å². The zero-order valence-electron chi connectivity index (χ0n) is 13.2. The zero-order chi connectivity index (χ0) is 15.4. The fraction of sp³-hybridized carbons (Fsp3) is 0.750. The minimum Gasteiger partial charge on any atom is -0.383 e. The fourth-order valence-electron chi connectivity index (χ4n) is 3.87. The number of nitrogens with one attached hydrogen (secondary N) is 1. The van der Waals surface area contributed by atoms with E-state index in [1.165, 1.54) is 0 Å². The van der Waals surface area contributed by atoms with E-state index >= 15 is 0 Å². The second-order valence-electron chi connectivity index (χ2n) is 6.34. The Morgan fingerprint density at radius 1 is 1.45 bits per heavy atom. The average molecular weight is 323 g/mol. The number of methoxy groups -OCH3 is 1. The number of carbonyl (C=O) groups is 1. The van der Waals surface area contributed by atoms with Crippen LogP contribution in [0.2, 0.25) is 0 Å². The minimum absolute atomic E-state index is 0.106. The molecule has 1 saturated carbocycles. The van der Waals surface area contributed by atoms with E-state index in [1.807, 2.05) is 11.6 Å². The maximum Gasteiger partial charge on any atom is 0.223 e. The molecule has 0 atom stereocenters. The molecule has 0 bridgehead atoms. The quantitative estimate of drug-likeness (QED) is 0.872. The molecule has 0 radical (unpaired) electrons. The molecule has 3 rings (SSSR count). The van der Waals surface area contributed by atoms with Crippen molar-refractivity contribution >= 4 is 17.2 Å². The number of carbonyl (C=O) groups excluding carboxylic acids is 1. The van der Waals surface area contributed by atoms with Crippen molar-refractivity contribution in [1.29, 1.82) is 0 Å². The molecule has 1 amide bonds. The SMILES string of the molecule is COCCN1C(=O)CCC12CCC(NCc1nccs1)CC2. The molecule has 0 aromatic carbocycles. The van der Waals surface area contributed by atoms with E-state index in [4.69, 9.17) is 4.74 Å². The number of thiazole rings is 1. The first-order chi connectivity index (χ1) is 10.7. The van der Waals surface area contributed by atoms with Gasteiger partial charge in [0.25, 0.3) is 0 Å². The molecular formula is C16H25N3O2S. The molecule has 1 aliphatic carbocycles. The molecule has 5 nitrogen and oxygen atoms in total. The summed E-state index contributed by atoms with van der Waals surface area (Å²) in [7, 11) is 1.70. The number of hydrogen-bond donors (Lipinski definition) is 1. The molecule has 1 aromatic heterocycles. The van der Waals surface area contributed by atoms with E-state index in [0.29, 0.717) is 25.0 Å². The summed E-state index contributed by atoms with van der Waals surface area (Å²) in [5.41, 5.74) is 0.106. The predicted molar refractivity (Wildman–Crippen MR) is 86.8 cm³/mol. The van der Waals surface area contributed by atoms with Crippen LogP contribution in [0.25, 0.3) is 0 Å². The summed E-state index contributed by atoms with van der Waals surface area (Å²) in [6.45, 7) is 2.24. The molecule has 2 fully saturated rings. The number of likely N-dealkylation sites (tertiary alicyclic amines) is 1. The summed E-state index contributed by atoms with van der Waals surface area (Å²) in [4.78, 5) is 18.6. The highest BCUT2D eigenvalue weighted by Gasteiger charge is 2.46. The first-order valence-corrected chi connectivity index (χ1v) is 9.03. The van der Waals surface area contributed by atoms with Crippen LogP contribution in [-0.4, -0.2) is 47.6 Å². The van der Waals surface area contributed by atoms with Crippen LogP contribution in [0.3, 0.4) is 0 Å². The number of rotatable bonds is 6. The van der Waals surface area contributed by atoms with Crippen LogP contribution in [0.4, 0.5) is 0 Å². The van der Waals surface area contributed by atoms with Gasteiger partial charge < -0.3 is 15.0 Å². The third-order valence-electron chi connectivity index (χ3n) is 5.14. The highest BCUT2D eigenvalue weighted by Crippen LogP contribution is 2.42. The van der Waals surface area contributed by atoms with E-state index in [0.717, 1.165) is 50.2 Å². The van der Waals surface area contributed by atoms with Gasteiger partial charge in [0.05, 0.1) is 6.61 Å². The third-order valence-corrected chi connectivity index (χ3v) is 5.92. The number of amides is 1. The first-order valence-electron chi connectivity index (χ1n) is 8.15. The van der Waals surface area contributed by atoms with E-state index in [9.17, 15) is 4.79 Å². The Kier molecular flexibility index (Phi) is 5.10. The normalized spacial score (nSPS) is 28.7. The lowest BCUT2D eigenvalue weighted by Gasteiger charge is -2.44. The van der Waals surface area contributed by atoms with Gasteiger partial charge in [0.15, 0.2) is 0 Å². The Bertz CT molecular complexity index is 484. The Hall–Kier alpha value is -0.980. The summed E-state index contributed by atoms with van der Waals surface area (Å²) in [5.74, 6) is 0.311. The van der Waals surface area contributed by atoms with E-state index in [1.54, 1.807) is 18.4 Å². The van der Waals surface area contributed by atoms with Crippen LogP contribution in [0, 0.1) is 0 Å². The Morgan fingerprint density at radius 3 is 2.95 bits per heavy atom. The molecule has 0 unspecified atom stereocenters. The van der Waals surface area contributed by atoms with E-state index < -0.39 is 0 Å². The minimum atomic E-state index is 0.106. The second-order valence-corrected chi connectivity index (χ2v) is 7.32. The van der Waals surface area contributed by atoms with Gasteiger partial charge in [0.1, 0.15) is 5.01 Å². The molecule has 6 heteroatoms. The van der Waals surface area contributed by atoms with Gasteiger partial charge in [-0.15, -0.1) is 11.3 Å². The lowest BCUT2D eigenvalue weighted by molar-refractivity contribution is -0.133. The summed E-state index contributed by atoms with van der Waals surface area (Å²) in [5, 5.41) is 6.79. The van der Waals surface area contributed by atoms with Crippen molar-refractivity contribution in [3.05, 3.63) is 16.6 Å². The van der Waals surface area contributed by atoms with Crippen molar-refractivity contribution in [2.75, 3.05) is 20.3 Å². The van der Waals surface area contributed by atoms with Gasteiger partial charge in [0.2, 0.25) is 5.91 Å². The summed E-state index contributed by atoms with van der Waals surface area (Å²) >= 11 is 1.70. The molecule has 2 heterocycles. The van der Waals surface area contributed by atoms with Gasteiger partial charge in [-0.2, -0.15) is 0 Å². The Balaban J connectivity index is 1.52. The number of hydrogen-bond acceptors (Lipinski definition) is 5. The molecule has 1 saturated heterocycles. The van der Waals surface area contributed by atoms with Crippen LogP contribution in [0.15, 0.2) is 11.6 Å². The van der Waals surface area contributed by atoms with Crippen molar-refractivity contribution < 1.29 is 9.53 Å². The largest absolute Gasteiger partial charge is 0.383 e. The topological polar surface area (TPSA) is 54.5 Å². The van der Waals surface area contributed by atoms with Crippen LogP contribution < -0.4 is 5.32 Å². The maximum atomic E-state index is 12.2. The number of aromatic nitrogens is 1. The number of ether oxygens (including phenoxy) is 1. The van der Waals surface area contributed by atoms with Crippen LogP contribution >= 0.6 is 11.3 Å². The lowest BCUT2D eigenvalue weighted by Crippen LogP contribution is -2.51. The summed E-state index contributed by atoms with van der Waals surface area (Å²) in [6, 6.07) is 0.550. The van der Waals surface area contributed by atoms with Crippen molar-refractivity contribution in [3.8, 4) is 0 Å². The molecule has 1 aliphatic heterocycles. The molecule has 2 aliphatic rings. The van der Waals surface area contributed by atoms with Crippen molar-refractivity contribution in [2.45, 2.75) is 56.7 Å². The van der Waals surface area contributed by atoms with Gasteiger partial charge in [-0.1, -0.05) is 0 Å². The summed E-state index contributed by atoms with van der Waals surface area (Å²) in [6.07, 6.45) is 8.09. The van der Waals surface area contributed by atoms with Crippen molar-refractivity contribution in [1.82, 2.24) is 15.2 Å². The molecular weight excluding hydrogens is 298 g/mol. The van der Waals surface area contributed by atoms with E-state index in [2.05, 4.69) is 15.2 Å². The highest BCUT2D eigenvalue weighted by molar-refractivity contribution is 7.09. The average Bonchev–Trinajstić information content (AvgIpc) is 3.15. The highest BCUT2D eigenvalue weighted by atomic mass is 32.1. The Morgan fingerprint density at radius 2 is 2.27 bits per heavy atom. The maximum absolute atomic E-state index is 12.2. The third kappa shape index (κ3) is 3.34. The lowest BCUT2D eigenvalue weighted by atomic mass is 9.77. The molecule has 22 heavy (non-hydrogen) atoms. The van der Waals surface area contributed by atoms with Crippen molar-refractivity contribution in [2.24, 2.45) is 0 Å².